The van der Waals surface area contributed by atoms with Crippen molar-refractivity contribution in [1.29, 1.82) is 0 Å². The standard InChI is InChI=1S/C11H18N4O2/c1-7(2)6-8(3)17-11-13-5-4-9(14-11)10(12)15-16/h4-5,7-8,16H,6H2,1-3H3,(H2,12,15). The zero-order chi connectivity index (χ0) is 12.8. The molecule has 1 unspecified atom stereocenters. The molecule has 6 heteroatoms. The van der Waals surface area contributed by atoms with Crippen molar-refractivity contribution in [2.24, 2.45) is 16.8 Å². The third-order valence-corrected chi connectivity index (χ3v) is 2.11. The van der Waals surface area contributed by atoms with E-state index < -0.39 is 0 Å². The van der Waals surface area contributed by atoms with Gasteiger partial charge >= 0.3 is 6.01 Å². The van der Waals surface area contributed by atoms with Crippen molar-refractivity contribution in [1.82, 2.24) is 9.97 Å². The van der Waals surface area contributed by atoms with Crippen LogP contribution in [0.4, 0.5) is 0 Å². The van der Waals surface area contributed by atoms with Crippen LogP contribution in [0.15, 0.2) is 17.4 Å². The normalized spacial score (nSPS) is 13.8. The topological polar surface area (TPSA) is 93.6 Å². The SMILES string of the molecule is CC(C)CC(C)Oc1nccc(/C(N)=N/O)n1. The molecule has 3 N–H and O–H groups in total. The van der Waals surface area contributed by atoms with E-state index >= 15 is 0 Å². The molecule has 1 aromatic rings. The largest absolute Gasteiger partial charge is 0.460 e. The molecule has 1 aromatic heterocycles. The fraction of sp³-hybridized carbons (Fsp3) is 0.545. The van der Waals surface area contributed by atoms with Crippen LogP contribution in [0.25, 0.3) is 0 Å². The van der Waals surface area contributed by atoms with Gasteiger partial charge in [-0.2, -0.15) is 4.98 Å². The van der Waals surface area contributed by atoms with Crippen molar-refractivity contribution in [3.63, 3.8) is 0 Å². The van der Waals surface area contributed by atoms with E-state index in [9.17, 15) is 0 Å². The van der Waals surface area contributed by atoms with Gasteiger partial charge in [0.05, 0.1) is 6.10 Å². The summed E-state index contributed by atoms with van der Waals surface area (Å²) in [6, 6.07) is 1.79. The summed E-state index contributed by atoms with van der Waals surface area (Å²) < 4.78 is 5.55. The molecule has 17 heavy (non-hydrogen) atoms. The maximum atomic E-state index is 8.54. The van der Waals surface area contributed by atoms with Crippen molar-refractivity contribution < 1.29 is 9.94 Å². The van der Waals surface area contributed by atoms with E-state index in [0.717, 1.165) is 6.42 Å². The fourth-order valence-corrected chi connectivity index (χ4v) is 1.48. The number of amidine groups is 1. The van der Waals surface area contributed by atoms with Gasteiger partial charge in [0, 0.05) is 6.20 Å². The molecule has 0 radical (unpaired) electrons. The quantitative estimate of drug-likeness (QED) is 0.350. The molecule has 94 valence electrons. The number of ether oxygens (including phenoxy) is 1. The zero-order valence-electron chi connectivity index (χ0n) is 10.3. The highest BCUT2D eigenvalue weighted by atomic mass is 16.5. The maximum absolute atomic E-state index is 8.54. The lowest BCUT2D eigenvalue weighted by Gasteiger charge is -2.15. The third-order valence-electron chi connectivity index (χ3n) is 2.11. The van der Waals surface area contributed by atoms with Gasteiger partial charge in [0.15, 0.2) is 5.84 Å². The first-order chi connectivity index (χ1) is 8.02. The van der Waals surface area contributed by atoms with E-state index in [1.165, 1.54) is 6.20 Å². The van der Waals surface area contributed by atoms with Gasteiger partial charge in [-0.05, 0) is 25.3 Å². The van der Waals surface area contributed by atoms with Gasteiger partial charge in [-0.1, -0.05) is 19.0 Å². The van der Waals surface area contributed by atoms with Crippen molar-refractivity contribution in [3.05, 3.63) is 18.0 Å². The van der Waals surface area contributed by atoms with Gasteiger partial charge in [0.1, 0.15) is 5.69 Å². The lowest BCUT2D eigenvalue weighted by molar-refractivity contribution is 0.177. The molecule has 1 heterocycles. The highest BCUT2D eigenvalue weighted by Crippen LogP contribution is 2.11. The van der Waals surface area contributed by atoms with Crippen LogP contribution in [0.2, 0.25) is 0 Å². The summed E-state index contributed by atoms with van der Waals surface area (Å²) in [5.41, 5.74) is 5.77. The van der Waals surface area contributed by atoms with Gasteiger partial charge in [-0.15, -0.1) is 0 Å². The monoisotopic (exact) mass is 238 g/mol. The molecule has 0 amide bonds. The van der Waals surface area contributed by atoms with Crippen LogP contribution in [-0.2, 0) is 0 Å². The maximum Gasteiger partial charge on any atom is 0.317 e. The number of oxime groups is 1. The van der Waals surface area contributed by atoms with E-state index in [0.29, 0.717) is 11.6 Å². The van der Waals surface area contributed by atoms with Crippen LogP contribution in [0.5, 0.6) is 6.01 Å². The van der Waals surface area contributed by atoms with Crippen LogP contribution < -0.4 is 10.5 Å². The molecule has 1 rings (SSSR count). The van der Waals surface area contributed by atoms with Gasteiger partial charge in [-0.25, -0.2) is 4.98 Å². The minimum absolute atomic E-state index is 0.0255. The second kappa shape index (κ2) is 6.03. The first-order valence-electron chi connectivity index (χ1n) is 5.50. The summed E-state index contributed by atoms with van der Waals surface area (Å²) >= 11 is 0. The van der Waals surface area contributed by atoms with Crippen molar-refractivity contribution in [2.45, 2.75) is 33.3 Å². The van der Waals surface area contributed by atoms with Crippen LogP contribution in [0.3, 0.4) is 0 Å². The smallest absolute Gasteiger partial charge is 0.317 e. The Bertz CT molecular complexity index is 393. The molecule has 0 aliphatic heterocycles. The average Bonchev–Trinajstić information content (AvgIpc) is 2.27. The minimum atomic E-state index is -0.0613. The molecular weight excluding hydrogens is 220 g/mol. The van der Waals surface area contributed by atoms with E-state index in [-0.39, 0.29) is 18.0 Å². The van der Waals surface area contributed by atoms with Crippen molar-refractivity contribution in [2.75, 3.05) is 0 Å². The Labute approximate surface area is 101 Å². The summed E-state index contributed by atoms with van der Waals surface area (Å²) in [4.78, 5) is 8.02. The Hall–Kier alpha value is -1.85. The lowest BCUT2D eigenvalue weighted by Crippen LogP contribution is -2.19. The second-order valence-electron chi connectivity index (χ2n) is 4.27. The van der Waals surface area contributed by atoms with Crippen LogP contribution >= 0.6 is 0 Å². The Morgan fingerprint density at radius 2 is 2.24 bits per heavy atom. The zero-order valence-corrected chi connectivity index (χ0v) is 10.3. The summed E-state index contributed by atoms with van der Waals surface area (Å²) in [6.45, 7) is 6.20. The molecular formula is C11H18N4O2. The van der Waals surface area contributed by atoms with E-state index in [1.54, 1.807) is 6.07 Å². The first kappa shape index (κ1) is 13.2. The van der Waals surface area contributed by atoms with E-state index in [2.05, 4.69) is 29.0 Å². The molecule has 0 bridgehead atoms. The second-order valence-corrected chi connectivity index (χ2v) is 4.27. The molecule has 0 aliphatic rings. The molecule has 6 nitrogen and oxygen atoms in total. The minimum Gasteiger partial charge on any atom is -0.460 e. The predicted molar refractivity (Wildman–Crippen MR) is 64.1 cm³/mol. The van der Waals surface area contributed by atoms with E-state index in [1.807, 2.05) is 6.92 Å². The lowest BCUT2D eigenvalue weighted by atomic mass is 10.1. The third kappa shape index (κ3) is 4.26. The van der Waals surface area contributed by atoms with Gasteiger partial charge in [-0.3, -0.25) is 0 Å². The molecule has 0 fully saturated rings. The van der Waals surface area contributed by atoms with Crippen LogP contribution in [-0.4, -0.2) is 27.1 Å². The summed E-state index contributed by atoms with van der Waals surface area (Å²) in [5, 5.41) is 11.4. The summed E-state index contributed by atoms with van der Waals surface area (Å²) in [5.74, 6) is 0.478. The molecule has 1 atom stereocenters. The molecule has 0 saturated heterocycles. The van der Waals surface area contributed by atoms with Gasteiger partial charge in [0.25, 0.3) is 0 Å². The first-order valence-corrected chi connectivity index (χ1v) is 5.50. The molecule has 0 spiro atoms. The Balaban J connectivity index is 2.72. The average molecular weight is 238 g/mol. The Kier molecular flexibility index (Phi) is 4.68. The fourth-order valence-electron chi connectivity index (χ4n) is 1.48. The predicted octanol–water partition coefficient (Wildman–Crippen LogP) is 1.38. The van der Waals surface area contributed by atoms with Gasteiger partial charge < -0.3 is 15.7 Å². The van der Waals surface area contributed by atoms with Crippen molar-refractivity contribution >= 4 is 5.84 Å². The Morgan fingerprint density at radius 3 is 2.82 bits per heavy atom. The summed E-state index contributed by atoms with van der Waals surface area (Å²) in [6.07, 6.45) is 2.45. The van der Waals surface area contributed by atoms with Crippen LogP contribution in [0.1, 0.15) is 32.9 Å². The number of rotatable bonds is 5. The highest BCUT2D eigenvalue weighted by Gasteiger charge is 2.10. The highest BCUT2D eigenvalue weighted by molar-refractivity contribution is 5.95. The molecule has 0 aliphatic carbocycles. The Morgan fingerprint density at radius 1 is 1.53 bits per heavy atom. The number of nitrogens with two attached hydrogens (primary N) is 1. The van der Waals surface area contributed by atoms with Gasteiger partial charge in [0.2, 0.25) is 0 Å². The molecule has 0 saturated carbocycles. The van der Waals surface area contributed by atoms with E-state index in [4.69, 9.17) is 15.7 Å². The number of aromatic nitrogens is 2. The number of nitrogens with zero attached hydrogens (tertiary/aromatic N) is 3. The van der Waals surface area contributed by atoms with Crippen LogP contribution in [0, 0.1) is 5.92 Å². The molecule has 0 aromatic carbocycles. The summed E-state index contributed by atoms with van der Waals surface area (Å²) in [7, 11) is 0. The number of hydrogen-bond donors (Lipinski definition) is 2. The number of hydrogen-bond acceptors (Lipinski definition) is 5. The van der Waals surface area contributed by atoms with Crippen molar-refractivity contribution in [3.8, 4) is 6.01 Å².